The van der Waals surface area contributed by atoms with Crippen molar-refractivity contribution < 1.29 is 0 Å². The van der Waals surface area contributed by atoms with E-state index in [0.29, 0.717) is 6.04 Å². The molecule has 0 aliphatic rings. The SMILES string of the molecule is CCCCCCCCC(CCCCCC)N=S(#N)P. The maximum atomic E-state index is 9.42. The average molecular weight is 304 g/mol. The van der Waals surface area contributed by atoms with Crippen LogP contribution < -0.4 is 0 Å². The molecule has 4 heteroatoms. The van der Waals surface area contributed by atoms with Crippen molar-refractivity contribution >= 4 is 18.4 Å². The summed E-state index contributed by atoms with van der Waals surface area (Å²) in [5, 5.41) is 0. The topological polar surface area (TPSA) is 36.1 Å². The van der Waals surface area contributed by atoms with Crippen LogP contribution in [0.3, 0.4) is 0 Å². The molecule has 0 rings (SSSR count). The van der Waals surface area contributed by atoms with Crippen LogP contribution in [0.2, 0.25) is 0 Å². The molecule has 0 spiro atoms. The third kappa shape index (κ3) is 14.4. The summed E-state index contributed by atoms with van der Waals surface area (Å²) < 4.78 is 13.9. The van der Waals surface area contributed by atoms with Gasteiger partial charge in [0.1, 0.15) is 0 Å². The zero-order valence-electron chi connectivity index (χ0n) is 12.9. The Kier molecular flexibility index (Phi) is 14.7. The molecule has 0 radical (unpaired) electrons. The summed E-state index contributed by atoms with van der Waals surface area (Å²) in [5.41, 5.74) is 0. The van der Waals surface area contributed by atoms with Crippen LogP contribution in [0, 0.1) is 4.61 Å². The van der Waals surface area contributed by atoms with Crippen LogP contribution in [0.25, 0.3) is 0 Å². The molecule has 0 aromatic heterocycles. The van der Waals surface area contributed by atoms with Gasteiger partial charge in [-0.05, 0) is 21.3 Å². The molecule has 114 valence electrons. The smallest absolute Gasteiger partial charge is 0.0638 e. The maximum absolute atomic E-state index is 9.42. The summed E-state index contributed by atoms with van der Waals surface area (Å²) in [6, 6.07) is 0.383. The quantitative estimate of drug-likeness (QED) is 0.297. The van der Waals surface area contributed by atoms with Crippen LogP contribution in [0.5, 0.6) is 0 Å². The fourth-order valence-corrected chi connectivity index (χ4v) is 3.40. The molecule has 0 N–H and O–H groups in total. The van der Waals surface area contributed by atoms with E-state index in [1.807, 2.05) is 0 Å². The molecule has 0 saturated heterocycles. The Morgan fingerprint density at radius 2 is 1.26 bits per heavy atom. The molecular formula is C15H33N2PS. The Morgan fingerprint density at radius 1 is 0.842 bits per heavy atom. The Hall–Kier alpha value is 0.160. The van der Waals surface area contributed by atoms with E-state index in [1.54, 1.807) is 0 Å². The Labute approximate surface area is 124 Å². The summed E-state index contributed by atoms with van der Waals surface area (Å²) in [7, 11) is 1.59. The van der Waals surface area contributed by atoms with Gasteiger partial charge in [-0.1, -0.05) is 78.1 Å². The van der Waals surface area contributed by atoms with Crippen molar-refractivity contribution in [3.05, 3.63) is 0 Å². The number of hydrogen-bond donors (Lipinski definition) is 0. The van der Waals surface area contributed by atoms with E-state index in [1.165, 1.54) is 64.2 Å². The minimum Gasteiger partial charge on any atom is -0.209 e. The molecule has 0 bridgehead atoms. The van der Waals surface area contributed by atoms with Gasteiger partial charge in [-0.15, -0.1) is 0 Å². The normalized spacial score (nSPS) is 13.7. The molecular weight excluding hydrogens is 271 g/mol. The van der Waals surface area contributed by atoms with Crippen LogP contribution in [0.4, 0.5) is 0 Å². The zero-order chi connectivity index (χ0) is 14.3. The Balaban J connectivity index is 3.75. The van der Waals surface area contributed by atoms with Crippen LogP contribution >= 0.6 is 8.44 Å². The number of rotatable bonds is 13. The second kappa shape index (κ2) is 14.6. The van der Waals surface area contributed by atoms with Crippen molar-refractivity contribution in [1.82, 2.24) is 0 Å². The minimum atomic E-state index is -0.821. The maximum Gasteiger partial charge on any atom is 0.0638 e. The van der Waals surface area contributed by atoms with Crippen molar-refractivity contribution in [3.8, 4) is 0 Å². The van der Waals surface area contributed by atoms with Gasteiger partial charge in [-0.3, -0.25) is 0 Å². The summed E-state index contributed by atoms with van der Waals surface area (Å²) in [6.07, 6.45) is 15.5. The van der Waals surface area contributed by atoms with E-state index in [2.05, 4.69) is 26.7 Å². The monoisotopic (exact) mass is 304 g/mol. The third-order valence-electron chi connectivity index (χ3n) is 3.54. The minimum absolute atomic E-state index is 0.383. The molecule has 0 aliphatic heterocycles. The molecule has 0 aromatic carbocycles. The molecule has 0 fully saturated rings. The summed E-state index contributed by atoms with van der Waals surface area (Å²) >= 11 is 0. The molecule has 19 heavy (non-hydrogen) atoms. The largest absolute Gasteiger partial charge is 0.209 e. The van der Waals surface area contributed by atoms with E-state index < -0.39 is 9.94 Å². The highest BCUT2D eigenvalue weighted by Gasteiger charge is 2.06. The number of hydrogen-bond acceptors (Lipinski definition) is 2. The highest BCUT2D eigenvalue weighted by atomic mass is 32.7. The van der Waals surface area contributed by atoms with Crippen LogP contribution in [-0.2, 0) is 9.94 Å². The molecule has 0 amide bonds. The summed E-state index contributed by atoms with van der Waals surface area (Å²) in [4.78, 5) is 0. The van der Waals surface area contributed by atoms with Gasteiger partial charge in [0.05, 0.1) is 16.0 Å². The van der Waals surface area contributed by atoms with Gasteiger partial charge in [0.15, 0.2) is 0 Å². The van der Waals surface area contributed by atoms with Gasteiger partial charge in [0.2, 0.25) is 0 Å². The first-order chi connectivity index (χ1) is 9.20. The first kappa shape index (κ1) is 19.2. The third-order valence-corrected chi connectivity index (χ3v) is 4.42. The van der Waals surface area contributed by atoms with Gasteiger partial charge >= 0.3 is 0 Å². The molecule has 2 nitrogen and oxygen atoms in total. The number of unbranched alkanes of at least 4 members (excludes halogenated alkanes) is 8. The van der Waals surface area contributed by atoms with Crippen LogP contribution in [-0.4, -0.2) is 6.04 Å². The average Bonchev–Trinajstić information content (AvgIpc) is 2.37. The van der Waals surface area contributed by atoms with E-state index in [9.17, 15) is 4.61 Å². The van der Waals surface area contributed by atoms with Gasteiger partial charge in [-0.25, -0.2) is 4.36 Å². The Morgan fingerprint density at radius 3 is 1.74 bits per heavy atom. The van der Waals surface area contributed by atoms with Crippen molar-refractivity contribution in [1.29, 1.82) is 4.61 Å². The molecule has 2 atom stereocenters. The molecule has 0 saturated carbocycles. The van der Waals surface area contributed by atoms with Gasteiger partial charge in [0, 0.05) is 0 Å². The van der Waals surface area contributed by atoms with Crippen molar-refractivity contribution in [3.63, 3.8) is 0 Å². The molecule has 0 heterocycles. The number of nitrogens with zero attached hydrogens (tertiary/aromatic N) is 2. The van der Waals surface area contributed by atoms with Gasteiger partial charge in [0.25, 0.3) is 0 Å². The predicted octanol–water partition coefficient (Wildman–Crippen LogP) is 6.15. The Bertz CT molecular complexity index is 311. The second-order valence-corrected chi connectivity index (χ2v) is 7.52. The first-order valence-electron chi connectivity index (χ1n) is 8.09. The lowest BCUT2D eigenvalue weighted by molar-refractivity contribution is 0.493. The fourth-order valence-electron chi connectivity index (χ4n) is 2.37. The standard InChI is InChI=1S/C15H33N2PS/c1-3-5-7-9-10-12-14-15(17-19(16)18)13-11-8-6-4-2/h15H,3-14,18H2,1-2H3. The summed E-state index contributed by atoms with van der Waals surface area (Å²) in [5.74, 6) is 0. The van der Waals surface area contributed by atoms with E-state index >= 15 is 0 Å². The van der Waals surface area contributed by atoms with E-state index in [0.717, 1.165) is 12.8 Å². The van der Waals surface area contributed by atoms with Gasteiger partial charge < -0.3 is 0 Å². The van der Waals surface area contributed by atoms with Gasteiger partial charge in [-0.2, -0.15) is 4.61 Å². The van der Waals surface area contributed by atoms with Crippen LogP contribution in [0.1, 0.15) is 90.9 Å². The second-order valence-electron chi connectivity index (χ2n) is 5.46. The highest BCUT2D eigenvalue weighted by Crippen LogP contribution is 2.16. The molecule has 0 aromatic rings. The van der Waals surface area contributed by atoms with E-state index in [-0.39, 0.29) is 0 Å². The van der Waals surface area contributed by atoms with E-state index in [4.69, 9.17) is 0 Å². The lowest BCUT2D eigenvalue weighted by Crippen LogP contribution is -2.04. The highest BCUT2D eigenvalue weighted by molar-refractivity contribution is 8.25. The van der Waals surface area contributed by atoms with Crippen molar-refractivity contribution in [2.24, 2.45) is 4.36 Å². The molecule has 2 unspecified atom stereocenters. The fraction of sp³-hybridized carbons (Fsp3) is 1.00. The lowest BCUT2D eigenvalue weighted by Gasteiger charge is -2.11. The predicted molar refractivity (Wildman–Crippen MR) is 91.8 cm³/mol. The van der Waals surface area contributed by atoms with Crippen LogP contribution in [0.15, 0.2) is 4.36 Å². The summed E-state index contributed by atoms with van der Waals surface area (Å²) in [6.45, 7) is 4.50. The lowest BCUT2D eigenvalue weighted by atomic mass is 10.0. The zero-order valence-corrected chi connectivity index (χ0v) is 14.9. The molecule has 0 aliphatic carbocycles. The van der Waals surface area contributed by atoms with Crippen molar-refractivity contribution in [2.75, 3.05) is 0 Å². The first-order valence-corrected chi connectivity index (χ1v) is 10.7. The van der Waals surface area contributed by atoms with Crippen molar-refractivity contribution in [2.45, 2.75) is 96.9 Å².